The van der Waals surface area contributed by atoms with Crippen molar-refractivity contribution in [3.8, 4) is 5.75 Å². The highest BCUT2D eigenvalue weighted by Gasteiger charge is 2.34. The van der Waals surface area contributed by atoms with Crippen molar-refractivity contribution in [2.45, 2.75) is 44.6 Å². The highest BCUT2D eigenvalue weighted by atomic mass is 79.9. The summed E-state index contributed by atoms with van der Waals surface area (Å²) in [5, 5.41) is 0.239. The van der Waals surface area contributed by atoms with Gasteiger partial charge in [0.2, 0.25) is 0 Å². The van der Waals surface area contributed by atoms with Crippen molar-refractivity contribution in [1.29, 1.82) is 0 Å². The van der Waals surface area contributed by atoms with Crippen LogP contribution < -0.4 is 16.0 Å². The van der Waals surface area contributed by atoms with Crippen molar-refractivity contribution in [1.82, 2.24) is 9.97 Å². The van der Waals surface area contributed by atoms with E-state index in [0.29, 0.717) is 12.0 Å². The smallest absolute Gasteiger partial charge is 0.276 e. The first-order valence-corrected chi connectivity index (χ1v) is 11.3. The third kappa shape index (κ3) is 5.30. The quantitative estimate of drug-likeness (QED) is 0.333. The molecule has 0 saturated carbocycles. The van der Waals surface area contributed by atoms with E-state index in [1.54, 1.807) is 19.1 Å². The second kappa shape index (κ2) is 10.1. The maximum atomic E-state index is 14.5. The summed E-state index contributed by atoms with van der Waals surface area (Å²) in [5.41, 5.74) is 6.03. The van der Waals surface area contributed by atoms with Gasteiger partial charge in [-0.1, -0.05) is 25.1 Å². The molecule has 0 aliphatic carbocycles. The van der Waals surface area contributed by atoms with Crippen molar-refractivity contribution < 1.29 is 17.9 Å². The number of hydrogen-bond acceptors (Lipinski definition) is 4. The maximum absolute atomic E-state index is 14.5. The number of ether oxygens (including phenoxy) is 1. The first kappa shape index (κ1) is 25.0. The highest BCUT2D eigenvalue weighted by molar-refractivity contribution is 9.10. The van der Waals surface area contributed by atoms with Crippen LogP contribution in [0.15, 0.2) is 52.3 Å². The van der Waals surface area contributed by atoms with E-state index in [4.69, 9.17) is 10.5 Å². The summed E-state index contributed by atoms with van der Waals surface area (Å²) in [7, 11) is 0. The number of nitrogens with two attached hydrogens (primary N) is 1. The van der Waals surface area contributed by atoms with Crippen LogP contribution in [0.25, 0.3) is 10.9 Å². The first-order valence-electron chi connectivity index (χ1n) is 10.5. The molecule has 2 aromatic carbocycles. The average Bonchev–Trinajstić information content (AvgIpc) is 2.77. The van der Waals surface area contributed by atoms with Gasteiger partial charge in [0.25, 0.3) is 11.5 Å². The Labute approximate surface area is 198 Å². The minimum Gasteiger partial charge on any atom is -0.493 e. The number of allylic oxidation sites excluding steroid dienone is 1. The molecule has 0 amide bonds. The number of para-hydroxylation sites is 1. The van der Waals surface area contributed by atoms with Crippen LogP contribution in [-0.2, 0) is 5.92 Å². The number of nitrogens with one attached hydrogen (secondary N) is 1. The van der Waals surface area contributed by atoms with Gasteiger partial charge in [0.15, 0.2) is 0 Å². The maximum Gasteiger partial charge on any atom is 0.276 e. The summed E-state index contributed by atoms with van der Waals surface area (Å²) >= 11 is 3.06. The van der Waals surface area contributed by atoms with E-state index < -0.39 is 29.3 Å². The zero-order chi connectivity index (χ0) is 24.3. The van der Waals surface area contributed by atoms with Crippen LogP contribution in [0.3, 0.4) is 0 Å². The van der Waals surface area contributed by atoms with E-state index in [1.165, 1.54) is 31.2 Å². The van der Waals surface area contributed by atoms with Crippen LogP contribution >= 0.6 is 15.9 Å². The Morgan fingerprint density at radius 1 is 1.36 bits per heavy atom. The van der Waals surface area contributed by atoms with Crippen LogP contribution in [-0.4, -0.2) is 16.6 Å². The van der Waals surface area contributed by atoms with Crippen molar-refractivity contribution >= 4 is 26.8 Å². The Morgan fingerprint density at radius 3 is 2.73 bits per heavy atom. The van der Waals surface area contributed by atoms with Gasteiger partial charge >= 0.3 is 0 Å². The number of H-pyrrole nitrogens is 1. The Morgan fingerprint density at radius 2 is 2.09 bits per heavy atom. The molecule has 1 unspecified atom stereocenters. The lowest BCUT2D eigenvalue weighted by Crippen LogP contribution is -2.19. The highest BCUT2D eigenvalue weighted by Crippen LogP contribution is 2.41. The van der Waals surface area contributed by atoms with Gasteiger partial charge in [-0.3, -0.25) is 4.79 Å². The molecule has 0 aliphatic rings. The van der Waals surface area contributed by atoms with Crippen molar-refractivity contribution in [2.24, 2.45) is 5.73 Å². The summed E-state index contributed by atoms with van der Waals surface area (Å²) in [6, 6.07) is 6.58. The minimum atomic E-state index is -3.07. The number of nitrogens with zero attached hydrogens (tertiary/aromatic N) is 1. The fraction of sp³-hybridized carbons (Fsp3) is 0.333. The zero-order valence-corrected chi connectivity index (χ0v) is 19.9. The third-order valence-electron chi connectivity index (χ3n) is 5.45. The van der Waals surface area contributed by atoms with Gasteiger partial charge in [-0.2, -0.15) is 0 Å². The molecular formula is C24H25BrF3N3O2. The van der Waals surface area contributed by atoms with Crippen molar-refractivity contribution in [3.05, 3.63) is 80.6 Å². The monoisotopic (exact) mass is 523 g/mol. The van der Waals surface area contributed by atoms with Gasteiger partial charge in [-0.15, -0.1) is 6.58 Å². The van der Waals surface area contributed by atoms with E-state index in [-0.39, 0.29) is 45.5 Å². The van der Waals surface area contributed by atoms with Gasteiger partial charge in [0.1, 0.15) is 17.4 Å². The number of aromatic nitrogens is 2. The minimum absolute atomic E-state index is 0.0453. The van der Waals surface area contributed by atoms with Crippen molar-refractivity contribution in [2.75, 3.05) is 6.61 Å². The van der Waals surface area contributed by atoms with Gasteiger partial charge in [0, 0.05) is 30.0 Å². The molecule has 5 nitrogen and oxygen atoms in total. The topological polar surface area (TPSA) is 81.0 Å². The second-order valence-electron chi connectivity index (χ2n) is 7.78. The number of halogens is 4. The van der Waals surface area contributed by atoms with E-state index in [2.05, 4.69) is 32.5 Å². The molecule has 9 heteroatoms. The summed E-state index contributed by atoms with van der Waals surface area (Å²) in [6.07, 6.45) is 1.49. The standard InChI is InChI=1S/C24H25BrF3N3O2/c1-4-14(22-30-20-12-19(26)18(25)11-16(20)23(32)31-22)9-10-33-21-15(13(3)29)7-6-8-17(21)24(27,28)5-2/h4,6-8,11-14H,1,5,9-10,29H2,2-3H3,(H,30,31,32)/t13-,14?/m1/s1. The largest absolute Gasteiger partial charge is 0.493 e. The molecule has 176 valence electrons. The van der Waals surface area contributed by atoms with E-state index in [1.807, 2.05) is 0 Å². The molecule has 2 atom stereocenters. The van der Waals surface area contributed by atoms with Crippen LogP contribution in [0.4, 0.5) is 13.2 Å². The number of rotatable bonds is 9. The molecule has 1 aromatic heterocycles. The summed E-state index contributed by atoms with van der Waals surface area (Å²) < 4.78 is 49.0. The average molecular weight is 524 g/mol. The molecule has 3 rings (SSSR count). The molecule has 0 bridgehead atoms. The van der Waals surface area contributed by atoms with Gasteiger partial charge in [0.05, 0.1) is 27.5 Å². The normalized spacial score (nSPS) is 13.7. The summed E-state index contributed by atoms with van der Waals surface area (Å²) in [5.74, 6) is -3.71. The molecule has 0 spiro atoms. The predicted octanol–water partition coefficient (Wildman–Crippen LogP) is 6.08. The molecule has 1 heterocycles. The molecule has 0 saturated heterocycles. The fourth-order valence-corrected chi connectivity index (χ4v) is 3.88. The summed E-state index contributed by atoms with van der Waals surface area (Å²) in [4.78, 5) is 19.5. The van der Waals surface area contributed by atoms with Gasteiger partial charge < -0.3 is 15.5 Å². The Kier molecular flexibility index (Phi) is 7.64. The van der Waals surface area contributed by atoms with Crippen LogP contribution in [0.1, 0.15) is 55.6 Å². The number of aromatic amines is 1. The lowest BCUT2D eigenvalue weighted by molar-refractivity contribution is -0.0111. The lowest BCUT2D eigenvalue weighted by atomic mass is 9.98. The van der Waals surface area contributed by atoms with E-state index in [9.17, 15) is 18.0 Å². The number of benzene rings is 2. The molecule has 0 aliphatic heterocycles. The summed E-state index contributed by atoms with van der Waals surface area (Å²) in [6.45, 7) is 6.93. The molecule has 0 fully saturated rings. The Hall–Kier alpha value is -2.65. The molecule has 3 N–H and O–H groups in total. The molecule has 33 heavy (non-hydrogen) atoms. The third-order valence-corrected chi connectivity index (χ3v) is 6.06. The molecule has 3 aromatic rings. The zero-order valence-electron chi connectivity index (χ0n) is 18.3. The lowest BCUT2D eigenvalue weighted by Gasteiger charge is -2.23. The van der Waals surface area contributed by atoms with Crippen molar-refractivity contribution in [3.63, 3.8) is 0 Å². The van der Waals surface area contributed by atoms with Crippen LogP contribution in [0.5, 0.6) is 5.75 Å². The van der Waals surface area contributed by atoms with Gasteiger partial charge in [-0.25, -0.2) is 18.2 Å². The van der Waals surface area contributed by atoms with E-state index >= 15 is 0 Å². The number of alkyl halides is 2. The fourth-order valence-electron chi connectivity index (χ4n) is 3.53. The van der Waals surface area contributed by atoms with E-state index in [0.717, 1.165) is 0 Å². The molecular weight excluding hydrogens is 499 g/mol. The Balaban J connectivity index is 1.88. The van der Waals surface area contributed by atoms with Crippen LogP contribution in [0.2, 0.25) is 0 Å². The second-order valence-corrected chi connectivity index (χ2v) is 8.64. The predicted molar refractivity (Wildman–Crippen MR) is 126 cm³/mol. The molecule has 0 radical (unpaired) electrons. The SMILES string of the molecule is C=CC(CCOc1c([C@@H](C)N)cccc1C(F)(F)CC)c1nc2cc(F)c(Br)cc2c(=O)[nH]1. The van der Waals surface area contributed by atoms with Crippen LogP contribution in [0, 0.1) is 5.82 Å². The number of fused-ring (bicyclic) bond motifs is 1. The first-order chi connectivity index (χ1) is 15.6. The Bertz CT molecular complexity index is 1230. The number of hydrogen-bond donors (Lipinski definition) is 2. The van der Waals surface area contributed by atoms with Gasteiger partial charge in [-0.05, 0) is 41.4 Å².